The number of benzene rings is 2. The van der Waals surface area contributed by atoms with Gasteiger partial charge in [0.15, 0.2) is 0 Å². The molecule has 0 aliphatic heterocycles. The topological polar surface area (TPSA) is 24.9 Å². The van der Waals surface area contributed by atoms with Crippen LogP contribution >= 0.6 is 27.5 Å². The van der Waals surface area contributed by atoms with E-state index in [2.05, 4.69) is 26.2 Å². The van der Waals surface area contributed by atoms with E-state index in [1.165, 1.54) is 6.07 Å². The molecule has 0 radical (unpaired) electrons. The zero-order valence-corrected chi connectivity index (χ0v) is 13.2. The zero-order valence-electron chi connectivity index (χ0n) is 10.9. The summed E-state index contributed by atoms with van der Waals surface area (Å²) in [6, 6.07) is 12.5. The van der Waals surface area contributed by atoms with Gasteiger partial charge in [0, 0.05) is 28.3 Å². The van der Waals surface area contributed by atoms with Crippen LogP contribution in [0.2, 0.25) is 5.02 Å². The number of fused-ring (bicyclic) bond motifs is 1. The Kier molecular flexibility index (Phi) is 4.08. The molecule has 0 fully saturated rings. The Morgan fingerprint density at radius 2 is 2.05 bits per heavy atom. The fourth-order valence-electron chi connectivity index (χ4n) is 2.14. The van der Waals surface area contributed by atoms with Crippen LogP contribution in [0.15, 0.2) is 53.1 Å². The van der Waals surface area contributed by atoms with Crippen LogP contribution in [0.3, 0.4) is 0 Å². The highest BCUT2D eigenvalue weighted by atomic mass is 79.9. The Labute approximate surface area is 135 Å². The molecule has 1 aromatic heterocycles. The number of nitrogens with zero attached hydrogens (tertiary/aromatic N) is 1. The van der Waals surface area contributed by atoms with E-state index in [4.69, 9.17) is 11.6 Å². The van der Waals surface area contributed by atoms with E-state index in [1.54, 1.807) is 18.3 Å². The van der Waals surface area contributed by atoms with Crippen molar-refractivity contribution < 1.29 is 4.39 Å². The van der Waals surface area contributed by atoms with Gasteiger partial charge in [0.1, 0.15) is 5.82 Å². The van der Waals surface area contributed by atoms with Crippen molar-refractivity contribution in [3.63, 3.8) is 0 Å². The summed E-state index contributed by atoms with van der Waals surface area (Å²) >= 11 is 9.30. The molecular weight excluding hydrogens is 355 g/mol. The van der Waals surface area contributed by atoms with E-state index in [9.17, 15) is 4.39 Å². The van der Waals surface area contributed by atoms with Crippen molar-refractivity contribution in [2.75, 3.05) is 5.32 Å². The quantitative estimate of drug-likeness (QED) is 0.672. The Morgan fingerprint density at radius 3 is 2.86 bits per heavy atom. The van der Waals surface area contributed by atoms with Crippen molar-refractivity contribution in [3.05, 3.63) is 69.5 Å². The third-order valence-corrected chi connectivity index (χ3v) is 4.18. The molecule has 3 aromatic rings. The maximum absolute atomic E-state index is 13.1. The van der Waals surface area contributed by atoms with Crippen LogP contribution in [0.25, 0.3) is 10.9 Å². The highest BCUT2D eigenvalue weighted by Crippen LogP contribution is 2.26. The van der Waals surface area contributed by atoms with Gasteiger partial charge in [0.05, 0.1) is 10.5 Å². The minimum Gasteiger partial charge on any atom is -0.381 e. The molecule has 0 atom stereocenters. The van der Waals surface area contributed by atoms with Gasteiger partial charge in [0.2, 0.25) is 0 Å². The van der Waals surface area contributed by atoms with Crippen LogP contribution in [0.1, 0.15) is 5.56 Å². The number of anilines is 1. The Bertz CT molecular complexity index is 807. The molecule has 0 amide bonds. The standard InChI is InChI=1S/C16H11BrClFN2/c17-13-5-3-10(16-12(13)2-1-7-20-16)9-21-11-4-6-15(19)14(18)8-11/h1-8,21H,9H2. The number of rotatable bonds is 3. The third kappa shape index (κ3) is 3.01. The summed E-state index contributed by atoms with van der Waals surface area (Å²) in [5.41, 5.74) is 2.77. The first-order valence-corrected chi connectivity index (χ1v) is 7.53. The van der Waals surface area contributed by atoms with Crippen LogP contribution in [-0.4, -0.2) is 4.98 Å². The lowest BCUT2D eigenvalue weighted by Gasteiger charge is -2.10. The third-order valence-electron chi connectivity index (χ3n) is 3.20. The summed E-state index contributed by atoms with van der Waals surface area (Å²) in [5, 5.41) is 4.41. The van der Waals surface area contributed by atoms with Crippen molar-refractivity contribution in [3.8, 4) is 0 Å². The molecule has 0 aliphatic rings. The molecular formula is C16H11BrClFN2. The fraction of sp³-hybridized carbons (Fsp3) is 0.0625. The van der Waals surface area contributed by atoms with E-state index in [1.807, 2.05) is 24.3 Å². The van der Waals surface area contributed by atoms with E-state index in [0.717, 1.165) is 26.6 Å². The van der Waals surface area contributed by atoms with Crippen LogP contribution in [0, 0.1) is 5.82 Å². The van der Waals surface area contributed by atoms with Crippen molar-refractivity contribution in [2.45, 2.75) is 6.54 Å². The van der Waals surface area contributed by atoms with Gasteiger partial charge in [-0.05, 0) is 35.9 Å². The van der Waals surface area contributed by atoms with E-state index in [0.29, 0.717) is 6.54 Å². The van der Waals surface area contributed by atoms with Crippen molar-refractivity contribution in [2.24, 2.45) is 0 Å². The van der Waals surface area contributed by atoms with Crippen molar-refractivity contribution >= 4 is 44.1 Å². The lowest BCUT2D eigenvalue weighted by atomic mass is 10.1. The van der Waals surface area contributed by atoms with Crippen molar-refractivity contribution in [1.29, 1.82) is 0 Å². The monoisotopic (exact) mass is 364 g/mol. The lowest BCUT2D eigenvalue weighted by Crippen LogP contribution is -2.01. The smallest absolute Gasteiger partial charge is 0.141 e. The molecule has 106 valence electrons. The summed E-state index contributed by atoms with van der Waals surface area (Å²) in [6.07, 6.45) is 1.77. The lowest BCUT2D eigenvalue weighted by molar-refractivity contribution is 0.628. The normalized spacial score (nSPS) is 10.8. The van der Waals surface area contributed by atoms with Gasteiger partial charge in [-0.3, -0.25) is 4.98 Å². The minimum absolute atomic E-state index is 0.110. The van der Waals surface area contributed by atoms with Crippen LogP contribution < -0.4 is 5.32 Å². The van der Waals surface area contributed by atoms with Crippen molar-refractivity contribution in [1.82, 2.24) is 4.98 Å². The van der Waals surface area contributed by atoms with Crippen LogP contribution in [-0.2, 0) is 6.54 Å². The average Bonchev–Trinajstić information content (AvgIpc) is 2.50. The second-order valence-electron chi connectivity index (χ2n) is 4.59. The maximum Gasteiger partial charge on any atom is 0.141 e. The molecule has 2 aromatic carbocycles. The van der Waals surface area contributed by atoms with Crippen LogP contribution in [0.5, 0.6) is 0 Å². The molecule has 0 bridgehead atoms. The molecule has 1 N–H and O–H groups in total. The number of aromatic nitrogens is 1. The SMILES string of the molecule is Fc1ccc(NCc2ccc(Br)c3cccnc23)cc1Cl. The summed E-state index contributed by atoms with van der Waals surface area (Å²) in [4.78, 5) is 4.43. The fourth-order valence-corrected chi connectivity index (χ4v) is 2.78. The Balaban J connectivity index is 1.88. The minimum atomic E-state index is -0.419. The summed E-state index contributed by atoms with van der Waals surface area (Å²) in [6.45, 7) is 0.586. The van der Waals surface area contributed by atoms with Gasteiger partial charge >= 0.3 is 0 Å². The summed E-state index contributed by atoms with van der Waals surface area (Å²) < 4.78 is 14.2. The number of hydrogen-bond acceptors (Lipinski definition) is 2. The average molecular weight is 366 g/mol. The molecule has 1 heterocycles. The predicted molar refractivity (Wildman–Crippen MR) is 88.2 cm³/mol. The Hall–Kier alpha value is -1.65. The first-order chi connectivity index (χ1) is 10.1. The second-order valence-corrected chi connectivity index (χ2v) is 5.85. The molecule has 3 rings (SSSR count). The van der Waals surface area contributed by atoms with E-state index >= 15 is 0 Å². The maximum atomic E-state index is 13.1. The molecule has 0 saturated heterocycles. The molecule has 5 heteroatoms. The summed E-state index contributed by atoms with van der Waals surface area (Å²) in [7, 11) is 0. The number of halogens is 3. The first-order valence-electron chi connectivity index (χ1n) is 6.36. The zero-order chi connectivity index (χ0) is 14.8. The van der Waals surface area contributed by atoms with Gasteiger partial charge in [-0.25, -0.2) is 4.39 Å². The first kappa shape index (κ1) is 14.3. The summed E-state index contributed by atoms with van der Waals surface area (Å²) in [5.74, 6) is -0.419. The Morgan fingerprint density at radius 1 is 1.19 bits per heavy atom. The van der Waals surface area contributed by atoms with E-state index < -0.39 is 5.82 Å². The van der Waals surface area contributed by atoms with Gasteiger partial charge in [-0.1, -0.05) is 39.7 Å². The molecule has 21 heavy (non-hydrogen) atoms. The van der Waals surface area contributed by atoms with Gasteiger partial charge in [-0.2, -0.15) is 0 Å². The largest absolute Gasteiger partial charge is 0.381 e. The van der Waals surface area contributed by atoms with E-state index in [-0.39, 0.29) is 5.02 Å². The second kappa shape index (κ2) is 6.00. The molecule has 0 saturated carbocycles. The molecule has 0 unspecified atom stereocenters. The molecule has 0 spiro atoms. The number of nitrogens with one attached hydrogen (secondary N) is 1. The highest BCUT2D eigenvalue weighted by Gasteiger charge is 2.06. The predicted octanol–water partition coefficient (Wildman–Crippen LogP) is 5.40. The number of hydrogen-bond donors (Lipinski definition) is 1. The van der Waals surface area contributed by atoms with Crippen LogP contribution in [0.4, 0.5) is 10.1 Å². The van der Waals surface area contributed by atoms with Gasteiger partial charge in [-0.15, -0.1) is 0 Å². The van der Waals surface area contributed by atoms with Gasteiger partial charge < -0.3 is 5.32 Å². The molecule has 0 aliphatic carbocycles. The number of pyridine rings is 1. The van der Waals surface area contributed by atoms with Gasteiger partial charge in [0.25, 0.3) is 0 Å². The highest BCUT2D eigenvalue weighted by molar-refractivity contribution is 9.10. The molecule has 2 nitrogen and oxygen atoms in total.